The van der Waals surface area contributed by atoms with Crippen LogP contribution in [0, 0.1) is 0 Å². The third-order valence-corrected chi connectivity index (χ3v) is 4.76. The third-order valence-electron chi connectivity index (χ3n) is 3.30. The molecular weight excluding hydrogens is 308 g/mol. The van der Waals surface area contributed by atoms with E-state index >= 15 is 0 Å². The van der Waals surface area contributed by atoms with Crippen LogP contribution in [-0.4, -0.2) is 47.7 Å². The number of benzene rings is 1. The minimum atomic E-state index is -3.60. The summed E-state index contributed by atoms with van der Waals surface area (Å²) in [6.07, 6.45) is 0.593. The summed E-state index contributed by atoms with van der Waals surface area (Å²) in [6, 6.07) is 4.52. The van der Waals surface area contributed by atoms with Crippen LogP contribution >= 0.6 is 0 Å². The number of sulfonamides is 1. The van der Waals surface area contributed by atoms with Crippen molar-refractivity contribution in [3.63, 3.8) is 0 Å². The van der Waals surface area contributed by atoms with Gasteiger partial charge in [0.1, 0.15) is 12.4 Å². The Morgan fingerprint density at radius 2 is 2.23 bits per heavy atom. The lowest BCUT2D eigenvalue weighted by atomic mass is 10.2. The van der Waals surface area contributed by atoms with E-state index in [9.17, 15) is 13.2 Å². The van der Waals surface area contributed by atoms with Crippen LogP contribution in [0.1, 0.15) is 13.3 Å². The average molecular weight is 328 g/mol. The van der Waals surface area contributed by atoms with E-state index in [1.165, 1.54) is 19.1 Å². The highest BCUT2D eigenvalue weighted by Crippen LogP contribution is 2.33. The number of rotatable bonds is 6. The Balaban J connectivity index is 2.18. The summed E-state index contributed by atoms with van der Waals surface area (Å²) >= 11 is 0. The monoisotopic (exact) mass is 328 g/mol. The Hall–Kier alpha value is -1.64. The number of anilines is 1. The van der Waals surface area contributed by atoms with Gasteiger partial charge in [0.15, 0.2) is 0 Å². The highest BCUT2D eigenvalue weighted by Gasteiger charge is 2.24. The highest BCUT2D eigenvalue weighted by molar-refractivity contribution is 7.89. The molecule has 1 amide bonds. The van der Waals surface area contributed by atoms with Gasteiger partial charge >= 0.3 is 0 Å². The van der Waals surface area contributed by atoms with Gasteiger partial charge in [-0.1, -0.05) is 0 Å². The maximum atomic E-state index is 12.2. The fourth-order valence-electron chi connectivity index (χ4n) is 2.20. The van der Waals surface area contributed by atoms with E-state index in [0.717, 1.165) is 0 Å². The van der Waals surface area contributed by atoms with Crippen LogP contribution in [0.4, 0.5) is 5.69 Å². The first-order chi connectivity index (χ1) is 10.5. The first-order valence-electron chi connectivity index (χ1n) is 6.99. The van der Waals surface area contributed by atoms with E-state index in [0.29, 0.717) is 44.2 Å². The normalized spacial score (nSPS) is 14.4. The van der Waals surface area contributed by atoms with Gasteiger partial charge in [-0.2, -0.15) is 0 Å². The van der Waals surface area contributed by atoms with Gasteiger partial charge in [0.25, 0.3) is 0 Å². The molecule has 22 heavy (non-hydrogen) atoms. The summed E-state index contributed by atoms with van der Waals surface area (Å²) in [7, 11) is -2.04. The molecule has 0 radical (unpaired) electrons. The van der Waals surface area contributed by atoms with Crippen molar-refractivity contribution >= 4 is 21.6 Å². The number of hydrogen-bond donors (Lipinski definition) is 1. The number of carbonyl (C=O) groups is 1. The summed E-state index contributed by atoms with van der Waals surface area (Å²) in [5, 5.41) is 0. The lowest BCUT2D eigenvalue weighted by Gasteiger charge is -2.28. The zero-order chi connectivity index (χ0) is 16.2. The molecule has 7 nitrogen and oxygen atoms in total. The Morgan fingerprint density at radius 1 is 1.45 bits per heavy atom. The van der Waals surface area contributed by atoms with Crippen molar-refractivity contribution < 1.29 is 22.7 Å². The highest BCUT2D eigenvalue weighted by atomic mass is 32.2. The molecule has 0 aliphatic carbocycles. The van der Waals surface area contributed by atoms with Crippen LogP contribution in [0.2, 0.25) is 0 Å². The minimum absolute atomic E-state index is 0.0992. The molecule has 0 spiro atoms. The Labute approximate surface area is 130 Å². The molecular formula is C14H20N2O5S. The molecule has 1 aliphatic rings. The number of hydrogen-bond acceptors (Lipinski definition) is 5. The van der Waals surface area contributed by atoms with E-state index in [1.54, 1.807) is 18.1 Å². The molecule has 1 heterocycles. The number of fused-ring (bicyclic) bond motifs is 1. The van der Waals surface area contributed by atoms with Gasteiger partial charge in [0.2, 0.25) is 15.9 Å². The predicted octanol–water partition coefficient (Wildman–Crippen LogP) is 0.747. The maximum absolute atomic E-state index is 12.2. The SMILES string of the molecule is COCCCNS(=O)(=O)c1ccc2c(c1)OCCN2C(C)=O. The first-order valence-corrected chi connectivity index (χ1v) is 8.47. The molecule has 0 saturated heterocycles. The van der Waals surface area contributed by atoms with Crippen molar-refractivity contribution in [1.29, 1.82) is 0 Å². The van der Waals surface area contributed by atoms with Gasteiger partial charge in [0, 0.05) is 33.3 Å². The largest absolute Gasteiger partial charge is 0.489 e. The van der Waals surface area contributed by atoms with Crippen LogP contribution < -0.4 is 14.4 Å². The molecule has 0 unspecified atom stereocenters. The fraction of sp³-hybridized carbons (Fsp3) is 0.500. The molecule has 0 atom stereocenters. The van der Waals surface area contributed by atoms with Gasteiger partial charge in [-0.05, 0) is 18.6 Å². The molecule has 0 saturated carbocycles. The zero-order valence-corrected chi connectivity index (χ0v) is 13.5. The van der Waals surface area contributed by atoms with Crippen LogP contribution in [0.25, 0.3) is 0 Å². The van der Waals surface area contributed by atoms with Crippen molar-refractivity contribution in [3.8, 4) is 5.75 Å². The Bertz CT molecular complexity index is 645. The molecule has 1 aromatic rings. The third kappa shape index (κ3) is 3.76. The van der Waals surface area contributed by atoms with E-state index in [2.05, 4.69) is 4.72 Å². The second-order valence-electron chi connectivity index (χ2n) is 4.89. The van der Waals surface area contributed by atoms with E-state index < -0.39 is 10.0 Å². The maximum Gasteiger partial charge on any atom is 0.240 e. The molecule has 1 N–H and O–H groups in total. The van der Waals surface area contributed by atoms with Gasteiger partial charge < -0.3 is 14.4 Å². The number of ether oxygens (including phenoxy) is 2. The number of nitrogens with zero attached hydrogens (tertiary/aromatic N) is 1. The molecule has 8 heteroatoms. The summed E-state index contributed by atoms with van der Waals surface area (Å²) in [5.41, 5.74) is 0.595. The number of methoxy groups -OCH3 is 1. The number of amides is 1. The first kappa shape index (κ1) is 16.7. The Kier molecular flexibility index (Phi) is 5.38. The minimum Gasteiger partial charge on any atom is -0.489 e. The van der Waals surface area contributed by atoms with Crippen molar-refractivity contribution in [3.05, 3.63) is 18.2 Å². The van der Waals surface area contributed by atoms with Gasteiger partial charge in [-0.3, -0.25) is 4.79 Å². The second-order valence-corrected chi connectivity index (χ2v) is 6.66. The number of nitrogens with one attached hydrogen (secondary N) is 1. The lowest BCUT2D eigenvalue weighted by Crippen LogP contribution is -2.36. The molecule has 0 bridgehead atoms. The van der Waals surface area contributed by atoms with Crippen molar-refractivity contribution in [2.75, 3.05) is 38.3 Å². The van der Waals surface area contributed by atoms with Gasteiger partial charge in [-0.25, -0.2) is 13.1 Å². The molecule has 1 aromatic carbocycles. The van der Waals surface area contributed by atoms with Crippen molar-refractivity contribution in [2.24, 2.45) is 0 Å². The predicted molar refractivity (Wildman–Crippen MR) is 81.6 cm³/mol. The lowest BCUT2D eigenvalue weighted by molar-refractivity contribution is -0.116. The number of carbonyl (C=O) groups excluding carboxylic acids is 1. The van der Waals surface area contributed by atoms with E-state index in [-0.39, 0.29) is 10.8 Å². The van der Waals surface area contributed by atoms with Crippen LogP contribution in [-0.2, 0) is 19.6 Å². The van der Waals surface area contributed by atoms with Crippen LogP contribution in [0.5, 0.6) is 5.75 Å². The topological polar surface area (TPSA) is 84.9 Å². The average Bonchev–Trinajstić information content (AvgIpc) is 2.50. The van der Waals surface area contributed by atoms with Crippen LogP contribution in [0.15, 0.2) is 23.1 Å². The summed E-state index contributed by atoms with van der Waals surface area (Å²) < 4.78 is 37.3. The van der Waals surface area contributed by atoms with E-state index in [1.807, 2.05) is 0 Å². The molecule has 0 fully saturated rings. The van der Waals surface area contributed by atoms with Crippen molar-refractivity contribution in [2.45, 2.75) is 18.2 Å². The molecule has 0 aromatic heterocycles. The standard InChI is InChI=1S/C14H20N2O5S/c1-11(17)16-7-9-21-14-10-12(4-5-13(14)16)22(18,19)15-6-3-8-20-2/h4-5,10,15H,3,6-9H2,1-2H3. The Morgan fingerprint density at radius 3 is 2.91 bits per heavy atom. The molecule has 1 aliphatic heterocycles. The smallest absolute Gasteiger partial charge is 0.240 e. The summed E-state index contributed by atoms with van der Waals surface area (Å²) in [6.45, 7) is 3.06. The summed E-state index contributed by atoms with van der Waals surface area (Å²) in [4.78, 5) is 13.3. The zero-order valence-electron chi connectivity index (χ0n) is 12.7. The van der Waals surface area contributed by atoms with Crippen LogP contribution in [0.3, 0.4) is 0 Å². The van der Waals surface area contributed by atoms with Gasteiger partial charge in [-0.15, -0.1) is 0 Å². The summed E-state index contributed by atoms with van der Waals surface area (Å²) in [5.74, 6) is 0.305. The van der Waals surface area contributed by atoms with Gasteiger partial charge in [0.05, 0.1) is 17.1 Å². The quantitative estimate of drug-likeness (QED) is 0.779. The fourth-order valence-corrected chi connectivity index (χ4v) is 3.29. The molecule has 122 valence electrons. The second kappa shape index (κ2) is 7.08. The van der Waals surface area contributed by atoms with Crippen molar-refractivity contribution in [1.82, 2.24) is 4.72 Å². The van der Waals surface area contributed by atoms with E-state index in [4.69, 9.17) is 9.47 Å². The molecule has 2 rings (SSSR count).